The molecule has 2 aromatic heterocycles. The molecule has 0 radical (unpaired) electrons. The zero-order chi connectivity index (χ0) is 27.2. The van der Waals surface area contributed by atoms with Gasteiger partial charge in [0, 0.05) is 31.4 Å². The van der Waals surface area contributed by atoms with E-state index < -0.39 is 0 Å². The maximum absolute atomic E-state index is 4.75. The van der Waals surface area contributed by atoms with Crippen LogP contribution in [0.3, 0.4) is 0 Å². The summed E-state index contributed by atoms with van der Waals surface area (Å²) in [4.78, 5) is 9.27. The molecule has 0 amide bonds. The summed E-state index contributed by atoms with van der Waals surface area (Å²) in [5.74, 6) is 0.803. The van der Waals surface area contributed by atoms with Gasteiger partial charge < -0.3 is 0 Å². The highest BCUT2D eigenvalue weighted by atomic mass is 32.1. The Labute approximate surface area is 238 Å². The Hall–Kier alpha value is -4.60. The minimum Gasteiger partial charge on any atom is -0.238 e. The predicted molar refractivity (Wildman–Crippen MR) is 171 cm³/mol. The molecule has 40 heavy (non-hydrogen) atoms. The van der Waals surface area contributed by atoms with E-state index in [1.54, 1.807) is 0 Å². The SMILES string of the molecule is Cc1nc(C)c(C)c(-c2ccc(-c3cc(-c4ccccc4)cc(-c4ccc5sc6ccccc6c5c4)c3)cc2)n1. The van der Waals surface area contributed by atoms with Crippen LogP contribution < -0.4 is 0 Å². The Kier molecular flexibility index (Phi) is 6.02. The molecule has 192 valence electrons. The zero-order valence-corrected chi connectivity index (χ0v) is 23.6. The van der Waals surface area contributed by atoms with Crippen LogP contribution in [0.2, 0.25) is 0 Å². The summed E-state index contributed by atoms with van der Waals surface area (Å²) in [6.07, 6.45) is 0. The van der Waals surface area contributed by atoms with Crippen molar-refractivity contribution in [1.29, 1.82) is 0 Å². The molecule has 0 saturated carbocycles. The second-order valence-corrected chi connectivity index (χ2v) is 11.5. The molecule has 0 bridgehead atoms. The highest BCUT2D eigenvalue weighted by Crippen LogP contribution is 2.38. The van der Waals surface area contributed by atoms with E-state index in [2.05, 4.69) is 134 Å². The van der Waals surface area contributed by atoms with Crippen LogP contribution in [0.1, 0.15) is 17.1 Å². The fourth-order valence-corrected chi connectivity index (χ4v) is 6.62. The van der Waals surface area contributed by atoms with Gasteiger partial charge in [0.25, 0.3) is 0 Å². The number of hydrogen-bond acceptors (Lipinski definition) is 3. The summed E-state index contributed by atoms with van der Waals surface area (Å²) in [5, 5.41) is 2.64. The fourth-order valence-electron chi connectivity index (χ4n) is 5.53. The Morgan fingerprint density at radius 2 is 1.02 bits per heavy atom. The number of aromatic nitrogens is 2. The lowest BCUT2D eigenvalue weighted by atomic mass is 9.92. The molecule has 0 atom stereocenters. The van der Waals surface area contributed by atoms with Crippen molar-refractivity contribution in [2.24, 2.45) is 0 Å². The van der Waals surface area contributed by atoms with Crippen molar-refractivity contribution in [3.8, 4) is 44.6 Å². The Bertz CT molecular complexity index is 2020. The van der Waals surface area contributed by atoms with Crippen molar-refractivity contribution in [2.45, 2.75) is 20.8 Å². The van der Waals surface area contributed by atoms with Gasteiger partial charge in [0.2, 0.25) is 0 Å². The molecule has 0 fully saturated rings. The van der Waals surface area contributed by atoms with E-state index in [1.165, 1.54) is 53.6 Å². The fraction of sp³-hybridized carbons (Fsp3) is 0.0811. The molecule has 7 rings (SSSR count). The van der Waals surface area contributed by atoms with Gasteiger partial charge in [-0.15, -0.1) is 11.3 Å². The topological polar surface area (TPSA) is 25.8 Å². The first-order chi connectivity index (χ1) is 19.5. The van der Waals surface area contributed by atoms with Gasteiger partial charge in [0.05, 0.1) is 5.69 Å². The van der Waals surface area contributed by atoms with Gasteiger partial charge in [0.15, 0.2) is 0 Å². The lowest BCUT2D eigenvalue weighted by Crippen LogP contribution is -1.98. The van der Waals surface area contributed by atoms with Crippen LogP contribution in [-0.4, -0.2) is 9.97 Å². The summed E-state index contributed by atoms with van der Waals surface area (Å²) in [5.41, 5.74) is 11.5. The van der Waals surface area contributed by atoms with E-state index in [0.717, 1.165) is 28.3 Å². The van der Waals surface area contributed by atoms with Crippen LogP contribution in [0.5, 0.6) is 0 Å². The Morgan fingerprint density at radius 1 is 0.450 bits per heavy atom. The number of rotatable bonds is 4. The van der Waals surface area contributed by atoms with Gasteiger partial charge in [-0.25, -0.2) is 9.97 Å². The normalized spacial score (nSPS) is 11.4. The molecule has 2 heterocycles. The predicted octanol–water partition coefficient (Wildman–Crippen LogP) is 10.4. The molecule has 0 saturated heterocycles. The molecular formula is C37H28N2S. The van der Waals surface area contributed by atoms with E-state index >= 15 is 0 Å². The van der Waals surface area contributed by atoms with Crippen LogP contribution in [0.4, 0.5) is 0 Å². The lowest BCUT2D eigenvalue weighted by molar-refractivity contribution is 0.992. The van der Waals surface area contributed by atoms with Crippen LogP contribution >= 0.6 is 11.3 Å². The second-order valence-electron chi connectivity index (χ2n) is 10.4. The maximum Gasteiger partial charge on any atom is 0.126 e. The first-order valence-electron chi connectivity index (χ1n) is 13.6. The summed E-state index contributed by atoms with van der Waals surface area (Å²) >= 11 is 1.86. The Balaban J connectivity index is 1.36. The van der Waals surface area contributed by atoms with Crippen LogP contribution in [0.25, 0.3) is 64.8 Å². The molecule has 2 nitrogen and oxygen atoms in total. The van der Waals surface area contributed by atoms with Gasteiger partial charge >= 0.3 is 0 Å². The number of hydrogen-bond donors (Lipinski definition) is 0. The number of fused-ring (bicyclic) bond motifs is 3. The number of benzene rings is 5. The molecule has 0 aliphatic carbocycles. The van der Waals surface area contributed by atoms with Gasteiger partial charge in [-0.3, -0.25) is 0 Å². The standard InChI is InChI=1S/C37H28N2S/c1-23-24(2)38-25(3)39-37(23)28-15-13-27(14-16-28)31-19-30(26-9-5-4-6-10-26)20-32(21-31)29-17-18-36-34(22-29)33-11-7-8-12-35(33)40-36/h4-22H,1-3H3. The van der Waals surface area contributed by atoms with E-state index in [-0.39, 0.29) is 0 Å². The van der Waals surface area contributed by atoms with Crippen LogP contribution in [0, 0.1) is 20.8 Å². The minimum atomic E-state index is 0.803. The molecule has 7 aromatic rings. The van der Waals surface area contributed by atoms with Crippen LogP contribution in [0.15, 0.2) is 115 Å². The third kappa shape index (κ3) is 4.39. The first-order valence-corrected chi connectivity index (χ1v) is 14.4. The van der Waals surface area contributed by atoms with Crippen molar-refractivity contribution in [3.05, 3.63) is 132 Å². The van der Waals surface area contributed by atoms with E-state index in [4.69, 9.17) is 4.98 Å². The van der Waals surface area contributed by atoms with Crippen molar-refractivity contribution in [1.82, 2.24) is 9.97 Å². The average Bonchev–Trinajstić information content (AvgIpc) is 3.37. The minimum absolute atomic E-state index is 0.803. The molecule has 0 unspecified atom stereocenters. The summed E-state index contributed by atoms with van der Waals surface area (Å²) in [6.45, 7) is 6.10. The first kappa shape index (κ1) is 24.4. The third-order valence-corrected chi connectivity index (χ3v) is 8.89. The van der Waals surface area contributed by atoms with Crippen molar-refractivity contribution < 1.29 is 0 Å². The lowest BCUT2D eigenvalue weighted by Gasteiger charge is -2.13. The number of thiophene rings is 1. The molecule has 0 aliphatic heterocycles. The molecule has 0 N–H and O–H groups in total. The average molecular weight is 533 g/mol. The van der Waals surface area contributed by atoms with Crippen molar-refractivity contribution >= 4 is 31.5 Å². The smallest absolute Gasteiger partial charge is 0.126 e. The largest absolute Gasteiger partial charge is 0.238 e. The Morgan fingerprint density at radius 3 is 1.77 bits per heavy atom. The van der Waals surface area contributed by atoms with Gasteiger partial charge in [-0.2, -0.15) is 0 Å². The summed E-state index contributed by atoms with van der Waals surface area (Å²) in [6, 6.07) is 42.0. The maximum atomic E-state index is 4.75. The highest BCUT2D eigenvalue weighted by molar-refractivity contribution is 7.25. The molecular weight excluding hydrogens is 504 g/mol. The van der Waals surface area contributed by atoms with E-state index in [9.17, 15) is 0 Å². The van der Waals surface area contributed by atoms with Crippen molar-refractivity contribution in [2.75, 3.05) is 0 Å². The van der Waals surface area contributed by atoms with E-state index in [0.29, 0.717) is 0 Å². The summed E-state index contributed by atoms with van der Waals surface area (Å²) in [7, 11) is 0. The molecule has 0 aliphatic rings. The van der Waals surface area contributed by atoms with E-state index in [1.807, 2.05) is 18.3 Å². The van der Waals surface area contributed by atoms with Gasteiger partial charge in [0.1, 0.15) is 5.82 Å². The number of nitrogens with zero attached hydrogens (tertiary/aromatic N) is 2. The summed E-state index contributed by atoms with van der Waals surface area (Å²) < 4.78 is 2.66. The van der Waals surface area contributed by atoms with Crippen LogP contribution in [-0.2, 0) is 0 Å². The quantitative estimate of drug-likeness (QED) is 0.225. The monoisotopic (exact) mass is 532 g/mol. The van der Waals surface area contributed by atoms with Gasteiger partial charge in [-0.1, -0.05) is 78.9 Å². The van der Waals surface area contributed by atoms with Gasteiger partial charge in [-0.05, 0) is 96.1 Å². The zero-order valence-electron chi connectivity index (χ0n) is 22.8. The van der Waals surface area contributed by atoms with Crippen molar-refractivity contribution in [3.63, 3.8) is 0 Å². The second kappa shape index (κ2) is 9.86. The third-order valence-electron chi connectivity index (χ3n) is 7.74. The number of aryl methyl sites for hydroxylation is 2. The molecule has 5 aromatic carbocycles. The molecule has 0 spiro atoms. The molecule has 3 heteroatoms. The highest BCUT2D eigenvalue weighted by Gasteiger charge is 2.12.